The molecule has 0 aromatic heterocycles. The zero-order valence-electron chi connectivity index (χ0n) is 35.2. The molecule has 0 aliphatic heterocycles. The normalized spacial score (nSPS) is 11.7. The van der Waals surface area contributed by atoms with Crippen molar-refractivity contribution in [2.75, 3.05) is 0 Å². The van der Waals surface area contributed by atoms with Gasteiger partial charge in [0.1, 0.15) is 75.9 Å². The minimum Gasteiger partial charge on any atom is -0.207 e. The van der Waals surface area contributed by atoms with Gasteiger partial charge in [-0.25, -0.2) is 87.8 Å². The van der Waals surface area contributed by atoms with Gasteiger partial charge in [0.2, 0.25) is 0 Å². The lowest BCUT2D eigenvalue weighted by molar-refractivity contribution is 0.378. The largest absolute Gasteiger partial charge is 0.207 e. The van der Waals surface area contributed by atoms with Crippen LogP contribution >= 0.6 is 19.9 Å². The number of rotatable bonds is 9. The molecule has 0 atom stereocenters. The van der Waals surface area contributed by atoms with Gasteiger partial charge in [0.05, 0.1) is 6.16 Å². The summed E-state index contributed by atoms with van der Waals surface area (Å²) < 4.78 is 294. The fourth-order valence-electron chi connectivity index (χ4n) is 8.57. The van der Waals surface area contributed by atoms with Gasteiger partial charge in [-0.1, -0.05) is 66.7 Å². The molecule has 0 aliphatic rings. The molecule has 0 nitrogen and oxygen atoms in total. The van der Waals surface area contributed by atoms with Gasteiger partial charge in [-0.2, -0.15) is 0 Å². The van der Waals surface area contributed by atoms with E-state index in [0.29, 0.717) is 0 Å². The maximum Gasteiger partial charge on any atom is 0.200 e. The van der Waals surface area contributed by atoms with Crippen LogP contribution in [0.3, 0.4) is 0 Å². The van der Waals surface area contributed by atoms with E-state index in [1.54, 1.807) is 0 Å². The Labute approximate surface area is 398 Å². The van der Waals surface area contributed by atoms with Crippen LogP contribution in [0.5, 0.6) is 0 Å². The Morgan fingerprint density at radius 1 is 0.278 bits per heavy atom. The summed E-state index contributed by atoms with van der Waals surface area (Å²) in [4.78, 5) is 1.01. The van der Waals surface area contributed by atoms with Crippen LogP contribution in [-0.4, -0.2) is 6.15 Å². The summed E-state index contributed by atoms with van der Waals surface area (Å²) in [7, 11) is -1.83. The molecule has 8 aromatic rings. The van der Waals surface area contributed by atoms with E-state index in [9.17, 15) is 52.7 Å². The highest BCUT2D eigenvalue weighted by molar-refractivity contribution is 7.95. The van der Waals surface area contributed by atoms with Crippen LogP contribution in [-0.2, 0) is 6.16 Å². The standard InChI is InChI=1S/C25H21PS.C24BF20/c27-25-18-10-11-21(19-25)20-26(22-12-4-1-5-13-22,23-14-6-2-7-15-23)24-16-8-3-9-17-24;26-5-1(6(27)14(35)21(42)13(5)34)25(2-7(28)15(36)22(43)16(37)8(2)29,3-9(30)17(38)23(44)18(39)10(3)31)4-11(32)19(40)24(45)20(41)12(4)33/h1-19H,20H2;/q;-1/p+1. The quantitative estimate of drug-likeness (QED) is 0.0365. The van der Waals surface area contributed by atoms with Crippen LogP contribution in [0.4, 0.5) is 87.8 Å². The first kappa shape index (κ1) is 53.0. The van der Waals surface area contributed by atoms with E-state index in [4.69, 9.17) is 0 Å². The van der Waals surface area contributed by atoms with Gasteiger partial charge in [0.25, 0.3) is 0 Å². The molecule has 0 saturated carbocycles. The van der Waals surface area contributed by atoms with Crippen molar-refractivity contribution < 1.29 is 87.8 Å². The topological polar surface area (TPSA) is 0 Å². The van der Waals surface area contributed by atoms with Crippen molar-refractivity contribution in [2.45, 2.75) is 11.1 Å². The number of thiol groups is 1. The van der Waals surface area contributed by atoms with Crippen molar-refractivity contribution in [1.82, 2.24) is 0 Å². The van der Waals surface area contributed by atoms with Crippen molar-refractivity contribution in [3.05, 3.63) is 237 Å². The fraction of sp³-hybridized carbons (Fsp3) is 0.0204. The lowest BCUT2D eigenvalue weighted by atomic mass is 9.12. The lowest BCUT2D eigenvalue weighted by Crippen LogP contribution is -2.81. The summed E-state index contributed by atoms with van der Waals surface area (Å²) in [5.41, 5.74) is -13.0. The van der Waals surface area contributed by atoms with Crippen molar-refractivity contribution in [3.8, 4) is 0 Å². The molecule has 8 rings (SSSR count). The van der Waals surface area contributed by atoms with Gasteiger partial charge >= 0.3 is 0 Å². The first-order valence-electron chi connectivity index (χ1n) is 20.1. The third kappa shape index (κ3) is 8.44. The van der Waals surface area contributed by atoms with Crippen molar-refractivity contribution >= 4 is 63.8 Å². The molecule has 0 amide bonds. The number of hydrogen-bond donors (Lipinski definition) is 1. The maximum absolute atomic E-state index is 15.4. The van der Waals surface area contributed by atoms with Gasteiger partial charge in [-0.05, 0) is 54.1 Å². The second-order valence-electron chi connectivity index (χ2n) is 15.4. The fourth-order valence-corrected chi connectivity index (χ4v) is 13.1. The van der Waals surface area contributed by atoms with E-state index in [0.717, 1.165) is 11.1 Å². The summed E-state index contributed by atoms with van der Waals surface area (Å²) in [6, 6.07) is 41.6. The minimum absolute atomic E-state index is 0.986. The van der Waals surface area contributed by atoms with Crippen LogP contribution in [0.2, 0.25) is 0 Å². The van der Waals surface area contributed by atoms with Crippen LogP contribution in [0.15, 0.2) is 120 Å². The van der Waals surface area contributed by atoms with Gasteiger partial charge in [0.15, 0.2) is 69.8 Å². The average molecular weight is 1060 g/mol. The predicted octanol–water partition coefficient (Wildman–Crippen LogP) is 11.3. The SMILES string of the molecule is Fc1c(F)c(F)c([B-](c2c(F)c(F)c(F)c(F)c2F)(c2c(F)c(F)c(F)c(F)c2F)c2c(F)c(F)c(F)c(F)c2F)c(F)c1F.Sc1cccc(C[P+](c2ccccc2)(c2ccccc2)c2ccccc2)c1. The summed E-state index contributed by atoms with van der Waals surface area (Å²) >= 11 is 4.58. The van der Waals surface area contributed by atoms with E-state index in [2.05, 4.69) is 122 Å². The van der Waals surface area contributed by atoms with Gasteiger partial charge < -0.3 is 0 Å². The molecule has 0 heterocycles. The third-order valence-corrected chi connectivity index (χ3v) is 16.3. The van der Waals surface area contributed by atoms with Crippen LogP contribution < -0.4 is 37.8 Å². The number of hydrogen-bond acceptors (Lipinski definition) is 1. The Kier molecular flexibility index (Phi) is 15.0. The molecule has 0 N–H and O–H groups in total. The molecule has 72 heavy (non-hydrogen) atoms. The van der Waals surface area contributed by atoms with Crippen molar-refractivity contribution in [3.63, 3.8) is 0 Å². The van der Waals surface area contributed by atoms with Crippen LogP contribution in [0, 0.1) is 116 Å². The van der Waals surface area contributed by atoms with Crippen molar-refractivity contribution in [1.29, 1.82) is 0 Å². The molecule has 0 fully saturated rings. The van der Waals surface area contributed by atoms with Crippen molar-refractivity contribution in [2.24, 2.45) is 0 Å². The Balaban J connectivity index is 0.000000238. The Bertz CT molecular complexity index is 2920. The molecule has 0 unspecified atom stereocenters. The zero-order valence-corrected chi connectivity index (χ0v) is 37.0. The van der Waals surface area contributed by atoms with E-state index < -0.39 is 152 Å². The van der Waals surface area contributed by atoms with Gasteiger partial charge in [-0.3, -0.25) is 0 Å². The van der Waals surface area contributed by atoms with E-state index in [1.165, 1.54) is 21.5 Å². The number of benzene rings is 8. The maximum atomic E-state index is 15.4. The first-order chi connectivity index (χ1) is 34.0. The molecule has 0 spiro atoms. The third-order valence-electron chi connectivity index (χ3n) is 11.6. The highest BCUT2D eigenvalue weighted by Crippen LogP contribution is 2.58. The van der Waals surface area contributed by atoms with Crippen LogP contribution in [0.1, 0.15) is 5.56 Å². The monoisotopic (exact) mass is 1060 g/mol. The average Bonchev–Trinajstić information content (AvgIpc) is 3.38. The molecule has 0 radical (unpaired) electrons. The summed E-state index contributed by atoms with van der Waals surface area (Å²) in [5, 5.41) is 4.23. The molecule has 8 aromatic carbocycles. The van der Waals surface area contributed by atoms with E-state index >= 15 is 35.1 Å². The minimum atomic E-state index is -7.22. The smallest absolute Gasteiger partial charge is 0.200 e. The first-order valence-corrected chi connectivity index (χ1v) is 22.5. The molecule has 372 valence electrons. The van der Waals surface area contributed by atoms with Crippen LogP contribution in [0.25, 0.3) is 0 Å². The highest BCUT2D eigenvalue weighted by Gasteiger charge is 2.52. The molecule has 0 saturated heterocycles. The van der Waals surface area contributed by atoms with Gasteiger partial charge in [0, 0.05) is 4.90 Å². The van der Waals surface area contributed by atoms with Gasteiger partial charge in [-0.15, -0.1) is 34.5 Å². The highest BCUT2D eigenvalue weighted by atomic mass is 32.1. The predicted molar refractivity (Wildman–Crippen MR) is 232 cm³/mol. The Morgan fingerprint density at radius 3 is 0.722 bits per heavy atom. The van der Waals surface area contributed by atoms with E-state index in [1.807, 2.05) is 6.07 Å². The zero-order chi connectivity index (χ0) is 52.9. The molecule has 0 aliphatic carbocycles. The Hall–Kier alpha value is -6.80. The molecule has 0 bridgehead atoms. The summed E-state index contributed by atoms with van der Waals surface area (Å²) in [6.45, 7) is 0. The lowest BCUT2D eigenvalue weighted by Gasteiger charge is -2.44. The van der Waals surface area contributed by atoms with E-state index in [-0.39, 0.29) is 0 Å². The number of halogens is 20. The summed E-state index contributed by atoms with van der Waals surface area (Å²) in [6.07, 6.45) is -6.23. The molecular formula is C49H22BF20PS. The molecule has 23 heteroatoms. The summed E-state index contributed by atoms with van der Waals surface area (Å²) in [5.74, 6) is -71.4. The molecular weight excluding hydrogens is 1040 g/mol. The Morgan fingerprint density at radius 2 is 0.500 bits per heavy atom. The second-order valence-corrected chi connectivity index (χ2v) is 19.4. The second kappa shape index (κ2) is 20.4.